The van der Waals surface area contributed by atoms with Gasteiger partial charge >= 0.3 is 5.97 Å². The van der Waals surface area contributed by atoms with Crippen molar-refractivity contribution in [2.24, 2.45) is 5.73 Å². The summed E-state index contributed by atoms with van der Waals surface area (Å²) in [5, 5.41) is 8.89. The van der Waals surface area contributed by atoms with Gasteiger partial charge in [0, 0.05) is 0 Å². The number of hydrogen-bond donors (Lipinski definition) is 1. The van der Waals surface area contributed by atoms with Gasteiger partial charge < -0.3 is 14.9 Å². The second-order valence-electron chi connectivity index (χ2n) is 4.27. The Morgan fingerprint density at radius 3 is 2.69 bits per heavy atom. The number of rotatable bonds is 2. The summed E-state index contributed by atoms with van der Waals surface area (Å²) in [4.78, 5) is 11.7. The lowest BCUT2D eigenvalue weighted by molar-refractivity contribution is 0.00686. The van der Waals surface area contributed by atoms with E-state index < -0.39 is 11.6 Å². The van der Waals surface area contributed by atoms with Crippen LogP contribution >= 0.6 is 0 Å². The highest BCUT2D eigenvalue weighted by Gasteiger charge is 2.24. The number of hydrogen-bond acceptors (Lipinski definition) is 5. The highest BCUT2D eigenvalue weighted by Crippen LogP contribution is 2.19. The standard InChI is InChI=1S/C11H14N2O3/c1-11(2,3)16-10(14)8-6-15-9(5-13)7(8)4-12/h6H,5,13H2,1-3H3. The Labute approximate surface area is 93.8 Å². The number of esters is 1. The van der Waals surface area contributed by atoms with Gasteiger partial charge in [-0.2, -0.15) is 5.26 Å². The normalized spacial score (nSPS) is 10.9. The molecule has 86 valence electrons. The molecule has 0 atom stereocenters. The number of nitrogens with two attached hydrogens (primary N) is 1. The molecule has 16 heavy (non-hydrogen) atoms. The van der Waals surface area contributed by atoms with Crippen LogP contribution in [-0.2, 0) is 11.3 Å². The molecule has 0 amide bonds. The maximum absolute atomic E-state index is 11.7. The molecule has 5 heteroatoms. The Kier molecular flexibility index (Phi) is 3.35. The van der Waals surface area contributed by atoms with Crippen LogP contribution in [0.4, 0.5) is 0 Å². The molecule has 2 N–H and O–H groups in total. The molecule has 0 aromatic carbocycles. The third-order valence-electron chi connectivity index (χ3n) is 1.78. The Bertz CT molecular complexity index is 435. The summed E-state index contributed by atoms with van der Waals surface area (Å²) in [7, 11) is 0. The molecule has 1 aromatic rings. The quantitative estimate of drug-likeness (QED) is 0.767. The predicted molar refractivity (Wildman–Crippen MR) is 56.5 cm³/mol. The average Bonchev–Trinajstić information content (AvgIpc) is 2.57. The second kappa shape index (κ2) is 4.37. The lowest BCUT2D eigenvalue weighted by atomic mass is 10.1. The Morgan fingerprint density at radius 1 is 1.62 bits per heavy atom. The average molecular weight is 222 g/mol. The van der Waals surface area contributed by atoms with Crippen LogP contribution in [0.2, 0.25) is 0 Å². The molecule has 0 aliphatic heterocycles. The van der Waals surface area contributed by atoms with Gasteiger partial charge in [0.25, 0.3) is 0 Å². The fourth-order valence-corrected chi connectivity index (χ4v) is 1.15. The summed E-state index contributed by atoms with van der Waals surface area (Å²) in [5.41, 5.74) is 5.04. The fourth-order valence-electron chi connectivity index (χ4n) is 1.15. The summed E-state index contributed by atoms with van der Waals surface area (Å²) in [6.45, 7) is 5.33. The maximum atomic E-state index is 11.7. The molecule has 1 aromatic heterocycles. The van der Waals surface area contributed by atoms with Crippen molar-refractivity contribution in [2.45, 2.75) is 32.9 Å². The predicted octanol–water partition coefficient (Wildman–Crippen LogP) is 1.57. The van der Waals surface area contributed by atoms with E-state index in [0.717, 1.165) is 0 Å². The molecule has 0 radical (unpaired) electrons. The van der Waals surface area contributed by atoms with Crippen molar-refractivity contribution in [3.63, 3.8) is 0 Å². The van der Waals surface area contributed by atoms with E-state index in [0.29, 0.717) is 5.76 Å². The number of carbonyl (C=O) groups excluding carboxylic acids is 1. The van der Waals surface area contributed by atoms with Gasteiger partial charge in [0.05, 0.1) is 6.54 Å². The summed E-state index contributed by atoms with van der Waals surface area (Å²) >= 11 is 0. The van der Waals surface area contributed by atoms with Crippen molar-refractivity contribution in [3.8, 4) is 6.07 Å². The van der Waals surface area contributed by atoms with E-state index in [1.807, 2.05) is 6.07 Å². The van der Waals surface area contributed by atoms with Gasteiger partial charge in [0.15, 0.2) is 0 Å². The zero-order chi connectivity index (χ0) is 12.3. The van der Waals surface area contributed by atoms with Crippen molar-refractivity contribution in [1.29, 1.82) is 5.26 Å². The molecule has 0 aliphatic rings. The van der Waals surface area contributed by atoms with E-state index in [1.54, 1.807) is 20.8 Å². The molecule has 0 fully saturated rings. The number of nitrogens with zero attached hydrogens (tertiary/aromatic N) is 1. The molecule has 0 aliphatic carbocycles. The van der Waals surface area contributed by atoms with Crippen LogP contribution in [0.1, 0.15) is 42.5 Å². The summed E-state index contributed by atoms with van der Waals surface area (Å²) in [5.74, 6) is -0.282. The van der Waals surface area contributed by atoms with Gasteiger partial charge in [-0.15, -0.1) is 0 Å². The largest absolute Gasteiger partial charge is 0.466 e. The van der Waals surface area contributed by atoms with E-state index in [9.17, 15) is 4.79 Å². The van der Waals surface area contributed by atoms with Crippen LogP contribution in [0.3, 0.4) is 0 Å². The molecule has 0 spiro atoms. The number of furan rings is 1. The highest BCUT2D eigenvalue weighted by molar-refractivity contribution is 5.92. The van der Waals surface area contributed by atoms with E-state index in [4.69, 9.17) is 20.1 Å². The van der Waals surface area contributed by atoms with Crippen molar-refractivity contribution >= 4 is 5.97 Å². The van der Waals surface area contributed by atoms with Gasteiger partial charge in [-0.1, -0.05) is 0 Å². The lowest BCUT2D eigenvalue weighted by Gasteiger charge is -2.18. The first-order chi connectivity index (χ1) is 7.39. The first-order valence-electron chi connectivity index (χ1n) is 4.83. The van der Waals surface area contributed by atoms with Gasteiger partial charge in [-0.3, -0.25) is 0 Å². The van der Waals surface area contributed by atoms with Crippen molar-refractivity contribution in [3.05, 3.63) is 23.2 Å². The number of carbonyl (C=O) groups is 1. The molecule has 0 bridgehead atoms. The van der Waals surface area contributed by atoms with E-state index in [1.165, 1.54) is 6.26 Å². The summed E-state index contributed by atoms with van der Waals surface area (Å²) < 4.78 is 10.2. The lowest BCUT2D eigenvalue weighted by Crippen LogP contribution is -2.24. The van der Waals surface area contributed by atoms with E-state index in [2.05, 4.69) is 0 Å². The first-order valence-corrected chi connectivity index (χ1v) is 4.83. The minimum Gasteiger partial charge on any atom is -0.466 e. The van der Waals surface area contributed by atoms with E-state index in [-0.39, 0.29) is 17.7 Å². The fraction of sp³-hybridized carbons (Fsp3) is 0.455. The molecular weight excluding hydrogens is 208 g/mol. The zero-order valence-corrected chi connectivity index (χ0v) is 9.53. The number of ether oxygens (including phenoxy) is 1. The van der Waals surface area contributed by atoms with Gasteiger partial charge in [0.1, 0.15) is 34.8 Å². The molecule has 0 saturated carbocycles. The van der Waals surface area contributed by atoms with Crippen LogP contribution in [0.5, 0.6) is 0 Å². The molecule has 0 saturated heterocycles. The van der Waals surface area contributed by atoms with Gasteiger partial charge in [0.2, 0.25) is 0 Å². The van der Waals surface area contributed by atoms with Crippen LogP contribution in [0, 0.1) is 11.3 Å². The maximum Gasteiger partial charge on any atom is 0.343 e. The van der Waals surface area contributed by atoms with Crippen LogP contribution in [0.25, 0.3) is 0 Å². The monoisotopic (exact) mass is 222 g/mol. The second-order valence-corrected chi connectivity index (χ2v) is 4.27. The van der Waals surface area contributed by atoms with Crippen LogP contribution in [-0.4, -0.2) is 11.6 Å². The Hall–Kier alpha value is -1.80. The van der Waals surface area contributed by atoms with Gasteiger partial charge in [-0.05, 0) is 20.8 Å². The van der Waals surface area contributed by atoms with E-state index >= 15 is 0 Å². The Balaban J connectivity index is 3.02. The van der Waals surface area contributed by atoms with Crippen molar-refractivity contribution in [2.75, 3.05) is 0 Å². The Morgan fingerprint density at radius 2 is 2.25 bits per heavy atom. The third-order valence-corrected chi connectivity index (χ3v) is 1.78. The minimum atomic E-state index is -0.607. The van der Waals surface area contributed by atoms with Crippen molar-refractivity contribution < 1.29 is 13.9 Å². The summed E-state index contributed by atoms with van der Waals surface area (Å²) in [6, 6.07) is 1.89. The number of nitriles is 1. The minimum absolute atomic E-state index is 0.0751. The molecule has 0 unspecified atom stereocenters. The van der Waals surface area contributed by atoms with Gasteiger partial charge in [-0.25, -0.2) is 4.79 Å². The molecule has 1 heterocycles. The molecular formula is C11H14N2O3. The SMILES string of the molecule is CC(C)(C)OC(=O)c1coc(CN)c1C#N. The molecule has 1 rings (SSSR count). The van der Waals surface area contributed by atoms with Crippen LogP contribution in [0.15, 0.2) is 10.7 Å². The third kappa shape index (κ3) is 2.61. The zero-order valence-electron chi connectivity index (χ0n) is 9.53. The first kappa shape index (κ1) is 12.3. The summed E-state index contributed by atoms with van der Waals surface area (Å²) in [6.07, 6.45) is 1.20. The molecule has 5 nitrogen and oxygen atoms in total. The van der Waals surface area contributed by atoms with Crippen molar-refractivity contribution in [1.82, 2.24) is 0 Å². The highest BCUT2D eigenvalue weighted by atomic mass is 16.6. The van der Waals surface area contributed by atoms with Crippen LogP contribution < -0.4 is 5.73 Å². The topological polar surface area (TPSA) is 89.2 Å². The smallest absolute Gasteiger partial charge is 0.343 e.